The molecule has 2 aliphatic rings. The number of likely N-dealkylation sites (tertiary alicyclic amines) is 1. The molecule has 32 heavy (non-hydrogen) atoms. The highest BCUT2D eigenvalue weighted by atomic mass is 32.1. The van der Waals surface area contributed by atoms with Gasteiger partial charge in [0.25, 0.3) is 5.91 Å². The minimum absolute atomic E-state index is 0.113. The molecular formula is C25H28N4O2S. The van der Waals surface area contributed by atoms with Gasteiger partial charge in [-0.1, -0.05) is 24.3 Å². The molecule has 5 rings (SSSR count). The zero-order chi connectivity index (χ0) is 22.1. The Morgan fingerprint density at radius 3 is 2.59 bits per heavy atom. The number of nitrogens with zero attached hydrogens (tertiary/aromatic N) is 4. The fourth-order valence-corrected chi connectivity index (χ4v) is 6.20. The largest absolute Gasteiger partial charge is 0.355 e. The molecule has 2 saturated heterocycles. The molecule has 0 unspecified atom stereocenters. The van der Waals surface area contributed by atoms with Gasteiger partial charge in [-0.05, 0) is 42.0 Å². The molecule has 2 aromatic heterocycles. The van der Waals surface area contributed by atoms with E-state index >= 15 is 0 Å². The van der Waals surface area contributed by atoms with Crippen LogP contribution in [0.1, 0.15) is 40.9 Å². The Kier molecular flexibility index (Phi) is 5.83. The average Bonchev–Trinajstić information content (AvgIpc) is 3.37. The van der Waals surface area contributed by atoms with Gasteiger partial charge in [0.05, 0.1) is 4.88 Å². The third kappa shape index (κ3) is 3.97. The van der Waals surface area contributed by atoms with Crippen LogP contribution in [0.3, 0.4) is 0 Å². The van der Waals surface area contributed by atoms with Gasteiger partial charge in [-0.25, -0.2) is 4.98 Å². The van der Waals surface area contributed by atoms with E-state index in [1.165, 1.54) is 5.39 Å². The number of pyridine rings is 1. The second-order valence-electron chi connectivity index (χ2n) is 8.61. The molecule has 7 heteroatoms. The van der Waals surface area contributed by atoms with E-state index in [4.69, 9.17) is 0 Å². The predicted molar refractivity (Wildman–Crippen MR) is 128 cm³/mol. The van der Waals surface area contributed by atoms with Crippen molar-refractivity contribution in [3.63, 3.8) is 0 Å². The SMILES string of the molecule is CC(=O)N1CC[C@H](c2c(C(=O)N3CCCN(c4ccccn4)CC3)sc3ccccc23)C1. The summed E-state index contributed by atoms with van der Waals surface area (Å²) in [5.41, 5.74) is 1.14. The van der Waals surface area contributed by atoms with Crippen LogP contribution in [0.25, 0.3) is 10.1 Å². The Bertz CT molecular complexity index is 1130. The van der Waals surface area contributed by atoms with Gasteiger partial charge >= 0.3 is 0 Å². The highest BCUT2D eigenvalue weighted by Crippen LogP contribution is 2.40. The predicted octanol–water partition coefficient (Wildman–Crippen LogP) is 3.98. The number of fused-ring (bicyclic) bond motifs is 1. The maximum absolute atomic E-state index is 13.8. The summed E-state index contributed by atoms with van der Waals surface area (Å²) in [5.74, 6) is 1.43. The lowest BCUT2D eigenvalue weighted by atomic mass is 9.94. The van der Waals surface area contributed by atoms with Crippen molar-refractivity contribution >= 4 is 39.1 Å². The number of hydrogen-bond donors (Lipinski definition) is 0. The highest BCUT2D eigenvalue weighted by molar-refractivity contribution is 7.21. The molecular weight excluding hydrogens is 420 g/mol. The monoisotopic (exact) mass is 448 g/mol. The number of anilines is 1. The van der Waals surface area contributed by atoms with E-state index in [1.807, 2.05) is 46.3 Å². The maximum atomic E-state index is 13.8. The van der Waals surface area contributed by atoms with Gasteiger partial charge in [0.1, 0.15) is 5.82 Å². The Hall–Kier alpha value is -2.93. The van der Waals surface area contributed by atoms with Crippen molar-refractivity contribution in [1.82, 2.24) is 14.8 Å². The summed E-state index contributed by atoms with van der Waals surface area (Å²) in [6, 6.07) is 14.3. The van der Waals surface area contributed by atoms with Crippen molar-refractivity contribution in [2.45, 2.75) is 25.7 Å². The zero-order valence-corrected chi connectivity index (χ0v) is 19.2. The van der Waals surface area contributed by atoms with E-state index in [0.29, 0.717) is 13.1 Å². The van der Waals surface area contributed by atoms with E-state index in [-0.39, 0.29) is 17.7 Å². The van der Waals surface area contributed by atoms with E-state index in [2.05, 4.69) is 22.0 Å². The number of hydrogen-bond acceptors (Lipinski definition) is 5. The number of thiophene rings is 1. The van der Waals surface area contributed by atoms with Crippen LogP contribution < -0.4 is 4.90 Å². The molecule has 2 fully saturated rings. The molecule has 2 amide bonds. The fourth-order valence-electron chi connectivity index (χ4n) is 4.95. The molecule has 0 radical (unpaired) electrons. The third-order valence-corrected chi connectivity index (χ3v) is 7.80. The Morgan fingerprint density at radius 1 is 0.969 bits per heavy atom. The maximum Gasteiger partial charge on any atom is 0.264 e. The summed E-state index contributed by atoms with van der Waals surface area (Å²) < 4.78 is 1.15. The molecule has 0 N–H and O–H groups in total. The van der Waals surface area contributed by atoms with Gasteiger partial charge in [0.15, 0.2) is 0 Å². The first-order valence-electron chi connectivity index (χ1n) is 11.3. The van der Waals surface area contributed by atoms with E-state index < -0.39 is 0 Å². The molecule has 0 spiro atoms. The molecule has 1 aromatic carbocycles. The molecule has 0 bridgehead atoms. The summed E-state index contributed by atoms with van der Waals surface area (Å²) in [6.45, 7) is 6.21. The topological polar surface area (TPSA) is 56.8 Å². The number of carbonyl (C=O) groups is 2. The Balaban J connectivity index is 1.42. The standard InChI is InChI=1S/C25H28N4O2S/c1-18(30)29-14-10-19(17-29)23-20-7-2-3-8-21(20)32-24(23)25(31)28-13-6-12-27(15-16-28)22-9-4-5-11-26-22/h2-5,7-9,11,19H,6,10,12-17H2,1H3/t19-/m0/s1. The first kappa shape index (κ1) is 20.9. The summed E-state index contributed by atoms with van der Waals surface area (Å²) in [7, 11) is 0. The zero-order valence-electron chi connectivity index (χ0n) is 18.4. The van der Waals surface area contributed by atoms with Crippen molar-refractivity contribution < 1.29 is 9.59 Å². The summed E-state index contributed by atoms with van der Waals surface area (Å²) in [4.78, 5) is 37.2. The Morgan fingerprint density at radius 2 is 1.81 bits per heavy atom. The third-order valence-electron chi connectivity index (χ3n) is 6.63. The minimum Gasteiger partial charge on any atom is -0.355 e. The second kappa shape index (κ2) is 8.90. The molecule has 0 aliphatic carbocycles. The van der Waals surface area contributed by atoms with Crippen molar-refractivity contribution in [1.29, 1.82) is 0 Å². The molecule has 2 aliphatic heterocycles. The van der Waals surface area contributed by atoms with Crippen molar-refractivity contribution in [2.75, 3.05) is 44.2 Å². The lowest BCUT2D eigenvalue weighted by Gasteiger charge is -2.23. The van der Waals surface area contributed by atoms with Crippen molar-refractivity contribution in [3.05, 3.63) is 59.1 Å². The lowest BCUT2D eigenvalue weighted by molar-refractivity contribution is -0.127. The van der Waals surface area contributed by atoms with Crippen LogP contribution in [0.4, 0.5) is 5.82 Å². The van der Waals surface area contributed by atoms with E-state index in [1.54, 1.807) is 18.3 Å². The quantitative estimate of drug-likeness (QED) is 0.608. The number of amides is 2. The average molecular weight is 449 g/mol. The van der Waals surface area contributed by atoms with Crippen LogP contribution >= 0.6 is 11.3 Å². The first-order chi connectivity index (χ1) is 15.6. The normalized spacial score (nSPS) is 19.4. The minimum atomic E-state index is 0.113. The van der Waals surface area contributed by atoms with Crippen LogP contribution in [0.5, 0.6) is 0 Å². The van der Waals surface area contributed by atoms with Crippen LogP contribution in [-0.2, 0) is 4.79 Å². The van der Waals surface area contributed by atoms with Gasteiger partial charge in [-0.2, -0.15) is 0 Å². The van der Waals surface area contributed by atoms with E-state index in [0.717, 1.165) is 60.0 Å². The molecule has 3 aromatic rings. The molecule has 4 heterocycles. The summed E-state index contributed by atoms with van der Waals surface area (Å²) >= 11 is 1.61. The molecule has 1 atom stereocenters. The van der Waals surface area contributed by atoms with Gasteiger partial charge in [0.2, 0.25) is 5.91 Å². The van der Waals surface area contributed by atoms with Crippen LogP contribution in [0.15, 0.2) is 48.7 Å². The van der Waals surface area contributed by atoms with Gasteiger partial charge in [0, 0.05) is 63.0 Å². The molecule has 0 saturated carbocycles. The van der Waals surface area contributed by atoms with Crippen LogP contribution in [0, 0.1) is 0 Å². The number of benzene rings is 1. The highest BCUT2D eigenvalue weighted by Gasteiger charge is 2.33. The first-order valence-corrected chi connectivity index (χ1v) is 12.2. The fraction of sp³-hybridized carbons (Fsp3) is 0.400. The number of carbonyl (C=O) groups excluding carboxylic acids is 2. The van der Waals surface area contributed by atoms with Gasteiger partial charge in [-0.15, -0.1) is 11.3 Å². The molecule has 166 valence electrons. The second-order valence-corrected chi connectivity index (χ2v) is 9.66. The number of rotatable bonds is 3. The number of aromatic nitrogens is 1. The lowest BCUT2D eigenvalue weighted by Crippen LogP contribution is -2.35. The van der Waals surface area contributed by atoms with Crippen LogP contribution in [-0.4, -0.2) is 65.9 Å². The summed E-state index contributed by atoms with van der Waals surface area (Å²) in [6.07, 6.45) is 3.65. The molecule has 6 nitrogen and oxygen atoms in total. The van der Waals surface area contributed by atoms with Gasteiger partial charge < -0.3 is 14.7 Å². The Labute approximate surface area is 192 Å². The van der Waals surface area contributed by atoms with E-state index in [9.17, 15) is 9.59 Å². The van der Waals surface area contributed by atoms with Crippen LogP contribution in [0.2, 0.25) is 0 Å². The van der Waals surface area contributed by atoms with Gasteiger partial charge in [-0.3, -0.25) is 9.59 Å². The smallest absolute Gasteiger partial charge is 0.264 e. The van der Waals surface area contributed by atoms with Crippen molar-refractivity contribution in [2.24, 2.45) is 0 Å². The summed E-state index contributed by atoms with van der Waals surface area (Å²) in [5, 5.41) is 1.17. The van der Waals surface area contributed by atoms with Crippen molar-refractivity contribution in [3.8, 4) is 0 Å².